The Bertz CT molecular complexity index is 627. The predicted octanol–water partition coefficient (Wildman–Crippen LogP) is 5.20. The third-order valence-electron chi connectivity index (χ3n) is 3.44. The molecule has 1 aliphatic carbocycles. The second kappa shape index (κ2) is 3.96. The van der Waals surface area contributed by atoms with E-state index in [4.69, 9.17) is 0 Å². The molecule has 2 heteroatoms. The zero-order chi connectivity index (χ0) is 12.2. The highest BCUT2D eigenvalue weighted by molar-refractivity contribution is 9.13. The van der Waals surface area contributed by atoms with Gasteiger partial charge in [-0.1, -0.05) is 18.2 Å². The van der Waals surface area contributed by atoms with E-state index in [1.165, 1.54) is 33.4 Å². The van der Waals surface area contributed by atoms with Crippen molar-refractivity contribution < 1.29 is 0 Å². The van der Waals surface area contributed by atoms with Crippen LogP contribution in [0.2, 0.25) is 0 Å². The molecule has 1 radical (unpaired) electrons. The highest BCUT2D eigenvalue weighted by atomic mass is 79.9. The van der Waals surface area contributed by atoms with Crippen LogP contribution in [-0.4, -0.2) is 0 Å². The Kier molecular flexibility index (Phi) is 2.68. The van der Waals surface area contributed by atoms with Crippen molar-refractivity contribution in [3.05, 3.63) is 55.5 Å². The van der Waals surface area contributed by atoms with Gasteiger partial charge >= 0.3 is 0 Å². The molecule has 0 atom stereocenters. The summed E-state index contributed by atoms with van der Waals surface area (Å²) in [5.41, 5.74) is 8.16. The van der Waals surface area contributed by atoms with Crippen LogP contribution in [0.4, 0.5) is 0 Å². The smallest absolute Gasteiger partial charge is 0.0402 e. The van der Waals surface area contributed by atoms with Gasteiger partial charge in [0.2, 0.25) is 0 Å². The zero-order valence-electron chi connectivity index (χ0n) is 9.70. The first-order valence-electron chi connectivity index (χ1n) is 5.58. The Hall–Kier alpha value is -0.600. The summed E-state index contributed by atoms with van der Waals surface area (Å²) in [5, 5.41) is 0. The monoisotopic (exact) mass is 349 g/mol. The van der Waals surface area contributed by atoms with Crippen LogP contribution in [0.1, 0.15) is 22.3 Å². The largest absolute Gasteiger partial charge is 0.0617 e. The molecule has 0 unspecified atom stereocenters. The van der Waals surface area contributed by atoms with Crippen molar-refractivity contribution >= 4 is 31.9 Å². The molecule has 0 aliphatic heterocycles. The number of hydrogen-bond donors (Lipinski definition) is 0. The zero-order valence-corrected chi connectivity index (χ0v) is 12.9. The topological polar surface area (TPSA) is 0 Å². The number of rotatable bonds is 0. The van der Waals surface area contributed by atoms with Crippen molar-refractivity contribution in [3.63, 3.8) is 0 Å². The molecule has 3 rings (SSSR count). The van der Waals surface area contributed by atoms with Crippen LogP contribution < -0.4 is 0 Å². The lowest BCUT2D eigenvalue weighted by Gasteiger charge is -2.11. The van der Waals surface area contributed by atoms with Crippen LogP contribution in [0.5, 0.6) is 0 Å². The summed E-state index contributed by atoms with van der Waals surface area (Å²) in [6.45, 7) is 4.35. The van der Waals surface area contributed by atoms with E-state index in [0.717, 1.165) is 15.4 Å². The van der Waals surface area contributed by atoms with Gasteiger partial charge in [-0.2, -0.15) is 0 Å². The van der Waals surface area contributed by atoms with Crippen molar-refractivity contribution in [1.29, 1.82) is 0 Å². The molecule has 0 saturated carbocycles. The molecule has 0 N–H and O–H groups in total. The van der Waals surface area contributed by atoms with Crippen LogP contribution >= 0.6 is 31.9 Å². The highest BCUT2D eigenvalue weighted by Crippen LogP contribution is 2.44. The predicted molar refractivity (Wildman–Crippen MR) is 78.4 cm³/mol. The summed E-state index contributed by atoms with van der Waals surface area (Å²) in [6, 6.07) is 9.98. The molecule has 17 heavy (non-hydrogen) atoms. The average molecular weight is 351 g/mol. The Morgan fingerprint density at radius 3 is 2.65 bits per heavy atom. The van der Waals surface area contributed by atoms with Gasteiger partial charge in [0.25, 0.3) is 0 Å². The molecular weight excluding hydrogens is 340 g/mol. The quantitative estimate of drug-likeness (QED) is 0.522. The third-order valence-corrected chi connectivity index (χ3v) is 5.55. The van der Waals surface area contributed by atoms with Gasteiger partial charge in [0, 0.05) is 15.0 Å². The van der Waals surface area contributed by atoms with Crippen LogP contribution in [0.15, 0.2) is 27.1 Å². The third kappa shape index (κ3) is 1.61. The fourth-order valence-electron chi connectivity index (χ4n) is 2.65. The number of benzene rings is 2. The lowest BCUT2D eigenvalue weighted by Crippen LogP contribution is -1.89. The normalized spacial score (nSPS) is 12.5. The Morgan fingerprint density at radius 2 is 1.88 bits per heavy atom. The van der Waals surface area contributed by atoms with Gasteiger partial charge in [0.15, 0.2) is 0 Å². The molecule has 2 aromatic rings. The number of fused-ring (bicyclic) bond motifs is 3. The number of halogens is 2. The first kappa shape index (κ1) is 11.5. The number of aryl methyl sites for hydroxylation is 1. The van der Waals surface area contributed by atoms with E-state index in [0.29, 0.717) is 0 Å². The van der Waals surface area contributed by atoms with Gasteiger partial charge in [0.05, 0.1) is 0 Å². The lowest BCUT2D eigenvalue weighted by molar-refractivity contribution is 1.24. The van der Waals surface area contributed by atoms with Gasteiger partial charge in [-0.3, -0.25) is 0 Å². The minimum atomic E-state index is 0.999. The standard InChI is InChI=1S/C15H11Br2/c1-8-4-3-5-10-6-11-7-12(16)15(17)9(2)14(11)13(8)10/h3-5H,6H2,1-2H3. The van der Waals surface area contributed by atoms with Crippen molar-refractivity contribution in [2.75, 3.05) is 0 Å². The molecule has 0 saturated heterocycles. The maximum Gasteiger partial charge on any atom is 0.0402 e. The van der Waals surface area contributed by atoms with Crippen LogP contribution in [0, 0.1) is 19.9 Å². The van der Waals surface area contributed by atoms with Crippen molar-refractivity contribution in [1.82, 2.24) is 0 Å². The molecule has 2 aromatic carbocycles. The van der Waals surface area contributed by atoms with E-state index in [-0.39, 0.29) is 0 Å². The van der Waals surface area contributed by atoms with E-state index >= 15 is 0 Å². The lowest BCUT2D eigenvalue weighted by atomic mass is 9.97. The molecule has 0 bridgehead atoms. The molecule has 1 aliphatic rings. The van der Waals surface area contributed by atoms with Gasteiger partial charge in [-0.05, 0) is 85.5 Å². The first-order chi connectivity index (χ1) is 8.09. The second-order valence-corrected chi connectivity index (χ2v) is 6.10. The van der Waals surface area contributed by atoms with E-state index in [2.05, 4.69) is 70.0 Å². The van der Waals surface area contributed by atoms with E-state index in [9.17, 15) is 0 Å². The van der Waals surface area contributed by atoms with E-state index in [1.54, 1.807) is 0 Å². The fraction of sp³-hybridized carbons (Fsp3) is 0.200. The summed E-state index contributed by atoms with van der Waals surface area (Å²) in [6.07, 6.45) is 0.999. The SMILES string of the molecule is Cc1cccc2c1-c1c([c]c(Br)c(Br)c1C)C2. The molecule has 0 amide bonds. The Balaban J connectivity index is 2.39. The maximum absolute atomic E-state index is 3.63. The van der Waals surface area contributed by atoms with Gasteiger partial charge in [0.1, 0.15) is 0 Å². The molecule has 85 valence electrons. The molecule has 0 spiro atoms. The first-order valence-corrected chi connectivity index (χ1v) is 7.17. The highest BCUT2D eigenvalue weighted by Gasteiger charge is 2.24. The van der Waals surface area contributed by atoms with Crippen LogP contribution in [0.3, 0.4) is 0 Å². The van der Waals surface area contributed by atoms with Gasteiger partial charge in [-0.25, -0.2) is 0 Å². The minimum absolute atomic E-state index is 0.999. The van der Waals surface area contributed by atoms with E-state index in [1.807, 2.05) is 0 Å². The summed E-state index contributed by atoms with van der Waals surface area (Å²) >= 11 is 7.19. The molecular formula is C15H11Br2. The van der Waals surface area contributed by atoms with E-state index < -0.39 is 0 Å². The Labute approximate surface area is 118 Å². The fourth-order valence-corrected chi connectivity index (χ4v) is 3.48. The molecule has 0 nitrogen and oxygen atoms in total. The molecule has 0 heterocycles. The minimum Gasteiger partial charge on any atom is -0.0617 e. The molecule has 0 fully saturated rings. The maximum atomic E-state index is 3.63. The van der Waals surface area contributed by atoms with Gasteiger partial charge in [-0.15, -0.1) is 0 Å². The van der Waals surface area contributed by atoms with Crippen molar-refractivity contribution in [3.8, 4) is 11.1 Å². The second-order valence-electron chi connectivity index (χ2n) is 4.52. The van der Waals surface area contributed by atoms with Crippen LogP contribution in [-0.2, 0) is 6.42 Å². The summed E-state index contributed by atoms with van der Waals surface area (Å²) < 4.78 is 2.14. The Morgan fingerprint density at radius 1 is 1.12 bits per heavy atom. The average Bonchev–Trinajstić information content (AvgIpc) is 2.65. The van der Waals surface area contributed by atoms with Gasteiger partial charge < -0.3 is 0 Å². The van der Waals surface area contributed by atoms with Crippen molar-refractivity contribution in [2.45, 2.75) is 20.3 Å². The van der Waals surface area contributed by atoms with Crippen molar-refractivity contribution in [2.24, 2.45) is 0 Å². The molecule has 0 aromatic heterocycles. The number of hydrogen-bond acceptors (Lipinski definition) is 0. The summed E-state index contributed by atoms with van der Waals surface area (Å²) in [7, 11) is 0. The summed E-state index contributed by atoms with van der Waals surface area (Å²) in [4.78, 5) is 0. The summed E-state index contributed by atoms with van der Waals surface area (Å²) in [5.74, 6) is 0. The van der Waals surface area contributed by atoms with Crippen LogP contribution in [0.25, 0.3) is 11.1 Å².